The number of nitrogens with zero attached hydrogens (tertiary/aromatic N) is 1. The van der Waals surface area contributed by atoms with Crippen LogP contribution < -0.4 is 9.47 Å². The van der Waals surface area contributed by atoms with Crippen LogP contribution in [0.1, 0.15) is 18.2 Å². The number of carbonyl (C=O) groups excluding carboxylic acids is 1. The Hall–Kier alpha value is -3.34. The first kappa shape index (κ1) is 16.5. The second-order valence-electron chi connectivity index (χ2n) is 5.32. The van der Waals surface area contributed by atoms with Crippen molar-refractivity contribution in [3.8, 4) is 22.8 Å². The molecule has 1 heterocycles. The van der Waals surface area contributed by atoms with Crippen LogP contribution in [-0.2, 0) is 4.79 Å². The van der Waals surface area contributed by atoms with Crippen molar-refractivity contribution >= 4 is 18.1 Å². The van der Waals surface area contributed by atoms with Gasteiger partial charge in [-0.1, -0.05) is 47.6 Å². The van der Waals surface area contributed by atoms with Crippen LogP contribution in [-0.4, -0.2) is 18.2 Å². The first-order valence-corrected chi connectivity index (χ1v) is 7.72. The molecule has 3 rings (SSSR count). The van der Waals surface area contributed by atoms with Gasteiger partial charge in [0.05, 0.1) is 7.11 Å². The van der Waals surface area contributed by atoms with Crippen LogP contribution in [0.2, 0.25) is 0 Å². The van der Waals surface area contributed by atoms with Gasteiger partial charge in [-0.15, -0.1) is 0 Å². The van der Waals surface area contributed by atoms with Crippen LogP contribution in [0.25, 0.3) is 23.5 Å². The van der Waals surface area contributed by atoms with Gasteiger partial charge in [-0.05, 0) is 23.8 Å². The Labute approximate surface area is 145 Å². The number of aromatic nitrogens is 1. The summed E-state index contributed by atoms with van der Waals surface area (Å²) in [7, 11) is 1.53. The Morgan fingerprint density at radius 2 is 1.84 bits per heavy atom. The van der Waals surface area contributed by atoms with Gasteiger partial charge in [0, 0.05) is 18.6 Å². The van der Waals surface area contributed by atoms with E-state index in [0.29, 0.717) is 23.0 Å². The largest absolute Gasteiger partial charge is 0.493 e. The molecular weight excluding hydrogens is 318 g/mol. The van der Waals surface area contributed by atoms with Crippen LogP contribution in [0.15, 0.2) is 59.1 Å². The van der Waals surface area contributed by atoms with Crippen LogP contribution in [0.5, 0.6) is 11.5 Å². The monoisotopic (exact) mass is 335 g/mol. The summed E-state index contributed by atoms with van der Waals surface area (Å²) in [5, 5.41) is 4.04. The zero-order valence-electron chi connectivity index (χ0n) is 13.9. The van der Waals surface area contributed by atoms with E-state index in [9.17, 15) is 4.79 Å². The van der Waals surface area contributed by atoms with Gasteiger partial charge in [-0.3, -0.25) is 4.79 Å². The number of ether oxygens (including phenoxy) is 2. The zero-order chi connectivity index (χ0) is 17.6. The maximum Gasteiger partial charge on any atom is 0.308 e. The van der Waals surface area contributed by atoms with E-state index in [1.54, 1.807) is 12.1 Å². The number of esters is 1. The molecule has 0 aliphatic carbocycles. The minimum atomic E-state index is -0.391. The zero-order valence-corrected chi connectivity index (χ0v) is 13.9. The van der Waals surface area contributed by atoms with E-state index >= 15 is 0 Å². The minimum Gasteiger partial charge on any atom is -0.493 e. The molecule has 0 saturated heterocycles. The smallest absolute Gasteiger partial charge is 0.308 e. The quantitative estimate of drug-likeness (QED) is 0.509. The number of benzene rings is 2. The van der Waals surface area contributed by atoms with Gasteiger partial charge in [0.25, 0.3) is 0 Å². The highest BCUT2D eigenvalue weighted by Gasteiger charge is 2.07. The van der Waals surface area contributed by atoms with E-state index in [0.717, 1.165) is 11.1 Å². The van der Waals surface area contributed by atoms with E-state index in [4.69, 9.17) is 14.0 Å². The highest BCUT2D eigenvalue weighted by Crippen LogP contribution is 2.29. The number of methoxy groups -OCH3 is 1. The molecule has 3 aromatic rings. The molecule has 5 nitrogen and oxygen atoms in total. The molecule has 0 bridgehead atoms. The highest BCUT2D eigenvalue weighted by atomic mass is 16.6. The van der Waals surface area contributed by atoms with Gasteiger partial charge in [0.2, 0.25) is 0 Å². The predicted molar refractivity (Wildman–Crippen MR) is 95.2 cm³/mol. The average molecular weight is 335 g/mol. The van der Waals surface area contributed by atoms with Crippen LogP contribution in [0.3, 0.4) is 0 Å². The van der Waals surface area contributed by atoms with Crippen molar-refractivity contribution in [1.82, 2.24) is 5.16 Å². The van der Waals surface area contributed by atoms with Gasteiger partial charge >= 0.3 is 5.97 Å². The summed E-state index contributed by atoms with van der Waals surface area (Å²) in [4.78, 5) is 11.1. The molecule has 126 valence electrons. The van der Waals surface area contributed by atoms with E-state index in [1.165, 1.54) is 14.0 Å². The molecule has 0 unspecified atom stereocenters. The Morgan fingerprint density at radius 1 is 1.04 bits per heavy atom. The molecule has 0 aliphatic heterocycles. The van der Waals surface area contributed by atoms with Crippen molar-refractivity contribution < 1.29 is 18.8 Å². The predicted octanol–water partition coefficient (Wildman–Crippen LogP) is 4.45. The maximum absolute atomic E-state index is 11.1. The summed E-state index contributed by atoms with van der Waals surface area (Å²) in [6, 6.07) is 17.0. The van der Waals surface area contributed by atoms with Crippen molar-refractivity contribution in [1.29, 1.82) is 0 Å². The number of hydrogen-bond acceptors (Lipinski definition) is 5. The first-order chi connectivity index (χ1) is 12.2. The summed E-state index contributed by atoms with van der Waals surface area (Å²) < 4.78 is 15.7. The lowest BCUT2D eigenvalue weighted by Crippen LogP contribution is -2.02. The van der Waals surface area contributed by atoms with Crippen LogP contribution in [0, 0.1) is 0 Å². The average Bonchev–Trinajstić information content (AvgIpc) is 3.10. The molecule has 0 amide bonds. The Bertz CT molecular complexity index is 897. The molecule has 0 aliphatic rings. The molecule has 0 saturated carbocycles. The second-order valence-corrected chi connectivity index (χ2v) is 5.32. The molecular formula is C20H17NO4. The summed E-state index contributed by atoms with van der Waals surface area (Å²) in [5.74, 6) is 1.20. The topological polar surface area (TPSA) is 61.6 Å². The highest BCUT2D eigenvalue weighted by molar-refractivity contribution is 5.73. The molecule has 5 heteroatoms. The summed E-state index contributed by atoms with van der Waals surface area (Å²) in [6.07, 6.45) is 3.73. The van der Waals surface area contributed by atoms with Gasteiger partial charge < -0.3 is 14.0 Å². The Balaban J connectivity index is 1.78. The van der Waals surface area contributed by atoms with Crippen molar-refractivity contribution in [3.63, 3.8) is 0 Å². The fraction of sp³-hybridized carbons (Fsp3) is 0.100. The normalized spacial score (nSPS) is 10.8. The fourth-order valence-corrected chi connectivity index (χ4v) is 2.31. The number of hydrogen-bond donors (Lipinski definition) is 0. The first-order valence-electron chi connectivity index (χ1n) is 7.72. The van der Waals surface area contributed by atoms with Gasteiger partial charge in [0.15, 0.2) is 17.3 Å². The van der Waals surface area contributed by atoms with Crippen LogP contribution >= 0.6 is 0 Å². The number of rotatable bonds is 5. The maximum atomic E-state index is 11.1. The third-order valence-electron chi connectivity index (χ3n) is 3.47. The van der Waals surface area contributed by atoms with E-state index in [-0.39, 0.29) is 0 Å². The SMILES string of the molecule is COc1cc(C=Cc2cc(-c3ccccc3)on2)ccc1OC(C)=O. The van der Waals surface area contributed by atoms with Crippen molar-refractivity contribution in [3.05, 3.63) is 65.9 Å². The lowest BCUT2D eigenvalue weighted by Gasteiger charge is -2.08. The molecule has 1 aromatic heterocycles. The van der Waals surface area contributed by atoms with Gasteiger partial charge in [0.1, 0.15) is 5.69 Å². The van der Waals surface area contributed by atoms with Gasteiger partial charge in [-0.25, -0.2) is 0 Å². The summed E-state index contributed by atoms with van der Waals surface area (Å²) >= 11 is 0. The molecule has 0 fully saturated rings. The third-order valence-corrected chi connectivity index (χ3v) is 3.47. The van der Waals surface area contributed by atoms with Crippen molar-refractivity contribution in [2.45, 2.75) is 6.92 Å². The Kier molecular flexibility index (Phi) is 4.95. The lowest BCUT2D eigenvalue weighted by atomic mass is 10.1. The van der Waals surface area contributed by atoms with E-state index < -0.39 is 5.97 Å². The standard InChI is InChI=1S/C20H17NO4/c1-14(22)24-18-11-9-15(12-20(18)23-2)8-10-17-13-19(25-21-17)16-6-4-3-5-7-16/h3-13H,1-2H3. The fourth-order valence-electron chi connectivity index (χ4n) is 2.31. The van der Waals surface area contributed by atoms with E-state index in [2.05, 4.69) is 5.16 Å². The van der Waals surface area contributed by atoms with E-state index in [1.807, 2.05) is 54.6 Å². The van der Waals surface area contributed by atoms with Crippen LogP contribution in [0.4, 0.5) is 0 Å². The molecule has 2 aromatic carbocycles. The lowest BCUT2D eigenvalue weighted by molar-refractivity contribution is -0.132. The minimum absolute atomic E-state index is 0.389. The summed E-state index contributed by atoms with van der Waals surface area (Å²) in [6.45, 7) is 1.35. The molecule has 0 N–H and O–H groups in total. The second kappa shape index (κ2) is 7.49. The molecule has 0 spiro atoms. The van der Waals surface area contributed by atoms with Gasteiger partial charge in [-0.2, -0.15) is 0 Å². The Morgan fingerprint density at radius 3 is 2.56 bits per heavy atom. The number of carbonyl (C=O) groups is 1. The summed E-state index contributed by atoms with van der Waals surface area (Å²) in [5.41, 5.74) is 2.57. The third kappa shape index (κ3) is 4.14. The molecule has 0 atom stereocenters. The molecule has 0 radical (unpaired) electrons. The molecule has 25 heavy (non-hydrogen) atoms. The van der Waals surface area contributed by atoms with Crippen molar-refractivity contribution in [2.75, 3.05) is 7.11 Å². The van der Waals surface area contributed by atoms with Crippen molar-refractivity contribution in [2.24, 2.45) is 0 Å².